The van der Waals surface area contributed by atoms with Crippen molar-refractivity contribution in [3.63, 3.8) is 0 Å². The molecule has 0 saturated heterocycles. The third-order valence-electron chi connectivity index (χ3n) is 6.49. The van der Waals surface area contributed by atoms with Crippen LogP contribution in [0.5, 0.6) is 0 Å². The van der Waals surface area contributed by atoms with E-state index in [0.29, 0.717) is 32.8 Å². The van der Waals surface area contributed by atoms with Crippen LogP contribution in [0.15, 0.2) is 66.1 Å². The number of ether oxygens (including phenoxy) is 1. The van der Waals surface area contributed by atoms with Crippen LogP contribution in [0, 0.1) is 6.92 Å². The topological polar surface area (TPSA) is 150 Å². The van der Waals surface area contributed by atoms with Crippen molar-refractivity contribution in [2.45, 2.75) is 37.4 Å². The Kier molecular flexibility index (Phi) is 8.40. The normalized spacial score (nSPS) is 12.0. The van der Waals surface area contributed by atoms with E-state index in [1.165, 1.54) is 0 Å². The molecule has 5 aromatic rings. The van der Waals surface area contributed by atoms with E-state index in [2.05, 4.69) is 48.2 Å². The first-order chi connectivity index (χ1) is 19.7. The molecule has 0 aliphatic carbocycles. The predicted molar refractivity (Wildman–Crippen MR) is 167 cm³/mol. The van der Waals surface area contributed by atoms with Gasteiger partial charge in [0, 0.05) is 40.9 Å². The van der Waals surface area contributed by atoms with Crippen molar-refractivity contribution < 1.29 is 14.6 Å². The molecule has 41 heavy (non-hydrogen) atoms. The van der Waals surface area contributed by atoms with Crippen LogP contribution < -0.4 is 16.2 Å². The number of nitrogens with zero attached hydrogens (tertiary/aromatic N) is 3. The van der Waals surface area contributed by atoms with Crippen LogP contribution >= 0.6 is 22.6 Å². The molecule has 12 heteroatoms. The minimum absolute atomic E-state index is 0.142. The maximum Gasteiger partial charge on any atom is 0.411 e. The SMILES string of the molecule is Cc1cc(-n2ccnc2)cc2[nH]c(-c3c(NCC(O)c4ccc(NC(=O)OC(C)C)c(CI)c4)cc[nH]c3=O)nc12. The highest BCUT2D eigenvalue weighted by atomic mass is 127. The number of anilines is 2. The number of aromatic amines is 2. The minimum Gasteiger partial charge on any atom is -0.447 e. The highest BCUT2D eigenvalue weighted by Gasteiger charge is 2.18. The number of imidazole rings is 2. The summed E-state index contributed by atoms with van der Waals surface area (Å²) in [6.07, 6.45) is 5.21. The quantitative estimate of drug-likeness (QED) is 0.104. The van der Waals surface area contributed by atoms with Gasteiger partial charge in [-0.05, 0) is 61.7 Å². The van der Waals surface area contributed by atoms with Crippen molar-refractivity contribution in [3.8, 4) is 17.1 Å². The number of H-pyrrole nitrogens is 2. The van der Waals surface area contributed by atoms with E-state index in [1.54, 1.807) is 50.8 Å². The van der Waals surface area contributed by atoms with Gasteiger partial charge in [-0.3, -0.25) is 10.1 Å². The fraction of sp³-hybridized carbons (Fsp3) is 0.241. The Hall–Kier alpha value is -4.17. The molecule has 0 fully saturated rings. The van der Waals surface area contributed by atoms with E-state index in [4.69, 9.17) is 9.72 Å². The van der Waals surface area contributed by atoms with Gasteiger partial charge in [0.05, 0.1) is 35.3 Å². The molecule has 0 aliphatic rings. The van der Waals surface area contributed by atoms with Gasteiger partial charge in [0.1, 0.15) is 11.4 Å². The molecule has 212 valence electrons. The summed E-state index contributed by atoms with van der Waals surface area (Å²) in [7, 11) is 0. The van der Waals surface area contributed by atoms with Gasteiger partial charge in [-0.1, -0.05) is 34.7 Å². The van der Waals surface area contributed by atoms with Gasteiger partial charge in [0.25, 0.3) is 5.56 Å². The number of rotatable bonds is 9. The molecule has 5 rings (SSSR count). The lowest BCUT2D eigenvalue weighted by molar-refractivity contribution is 0.130. The van der Waals surface area contributed by atoms with E-state index in [9.17, 15) is 14.7 Å². The molecule has 3 aromatic heterocycles. The zero-order valence-corrected chi connectivity index (χ0v) is 24.9. The van der Waals surface area contributed by atoms with Crippen molar-refractivity contribution in [3.05, 3.63) is 88.4 Å². The number of aliphatic hydroxyl groups is 1. The lowest BCUT2D eigenvalue weighted by atomic mass is 10.0. The number of benzene rings is 2. The number of pyridine rings is 1. The Labute approximate surface area is 249 Å². The summed E-state index contributed by atoms with van der Waals surface area (Å²) in [4.78, 5) is 39.9. The number of hydrogen-bond donors (Lipinski definition) is 5. The number of fused-ring (bicyclic) bond motifs is 1. The Morgan fingerprint density at radius 3 is 2.76 bits per heavy atom. The number of halogens is 1. The number of amides is 1. The van der Waals surface area contributed by atoms with Crippen molar-refractivity contribution in [1.29, 1.82) is 0 Å². The predicted octanol–water partition coefficient (Wildman–Crippen LogP) is 5.45. The van der Waals surface area contributed by atoms with Crippen LogP contribution in [0.4, 0.5) is 16.2 Å². The van der Waals surface area contributed by atoms with Crippen LogP contribution in [-0.2, 0) is 9.16 Å². The molecule has 0 aliphatic heterocycles. The van der Waals surface area contributed by atoms with Crippen molar-refractivity contribution >= 4 is 51.1 Å². The van der Waals surface area contributed by atoms with Crippen LogP contribution in [0.2, 0.25) is 0 Å². The van der Waals surface area contributed by atoms with Crippen LogP contribution in [0.1, 0.15) is 36.6 Å². The maximum atomic E-state index is 13.0. The zero-order chi connectivity index (χ0) is 29.1. The summed E-state index contributed by atoms with van der Waals surface area (Å²) in [5, 5.41) is 17.0. The van der Waals surface area contributed by atoms with Gasteiger partial charge < -0.3 is 29.7 Å². The molecule has 0 spiro atoms. The zero-order valence-electron chi connectivity index (χ0n) is 22.7. The third kappa shape index (κ3) is 6.28. The maximum absolute atomic E-state index is 13.0. The number of carbonyl (C=O) groups is 1. The van der Waals surface area contributed by atoms with E-state index in [0.717, 1.165) is 27.8 Å². The van der Waals surface area contributed by atoms with Gasteiger partial charge in [0.2, 0.25) is 0 Å². The summed E-state index contributed by atoms with van der Waals surface area (Å²) in [6, 6.07) is 11.1. The lowest BCUT2D eigenvalue weighted by Crippen LogP contribution is -2.19. The Bertz CT molecular complexity index is 1740. The monoisotopic (exact) mass is 667 g/mol. The largest absolute Gasteiger partial charge is 0.447 e. The lowest BCUT2D eigenvalue weighted by Gasteiger charge is -2.17. The molecule has 1 atom stereocenters. The smallest absolute Gasteiger partial charge is 0.411 e. The van der Waals surface area contributed by atoms with Crippen molar-refractivity contribution in [2.24, 2.45) is 0 Å². The Morgan fingerprint density at radius 2 is 2.02 bits per heavy atom. The third-order valence-corrected chi connectivity index (χ3v) is 7.31. The molecule has 1 amide bonds. The molecular formula is C29H30IN7O4. The second-order valence-electron chi connectivity index (χ2n) is 9.84. The summed E-state index contributed by atoms with van der Waals surface area (Å²) in [6.45, 7) is 5.68. The molecule has 0 saturated carbocycles. The molecule has 3 heterocycles. The number of aliphatic hydroxyl groups excluding tert-OH is 1. The molecule has 1 unspecified atom stereocenters. The van der Waals surface area contributed by atoms with Crippen LogP contribution in [0.25, 0.3) is 28.1 Å². The van der Waals surface area contributed by atoms with Gasteiger partial charge in [-0.2, -0.15) is 0 Å². The molecule has 0 bridgehead atoms. The van der Waals surface area contributed by atoms with Gasteiger partial charge in [0.15, 0.2) is 0 Å². The fourth-order valence-electron chi connectivity index (χ4n) is 4.54. The van der Waals surface area contributed by atoms with Crippen molar-refractivity contribution in [2.75, 3.05) is 17.2 Å². The number of alkyl halides is 1. The number of aryl methyl sites for hydroxylation is 1. The molecule has 11 nitrogen and oxygen atoms in total. The van der Waals surface area contributed by atoms with Crippen molar-refractivity contribution in [1.82, 2.24) is 24.5 Å². The molecular weight excluding hydrogens is 637 g/mol. The Morgan fingerprint density at radius 1 is 1.20 bits per heavy atom. The second kappa shape index (κ2) is 12.1. The highest BCUT2D eigenvalue weighted by Crippen LogP contribution is 2.29. The molecule has 5 N–H and O–H groups in total. The minimum atomic E-state index is -0.879. The fourth-order valence-corrected chi connectivity index (χ4v) is 5.17. The van der Waals surface area contributed by atoms with E-state index in [1.807, 2.05) is 35.9 Å². The molecule has 2 aromatic carbocycles. The van der Waals surface area contributed by atoms with Gasteiger partial charge >= 0.3 is 6.09 Å². The summed E-state index contributed by atoms with van der Waals surface area (Å²) in [5.41, 5.74) is 6.14. The number of hydrogen-bond acceptors (Lipinski definition) is 7. The first kappa shape index (κ1) is 28.4. The van der Waals surface area contributed by atoms with E-state index in [-0.39, 0.29) is 18.2 Å². The van der Waals surface area contributed by atoms with Gasteiger partial charge in [-0.25, -0.2) is 14.8 Å². The standard InChI is InChI=1S/C29H30IN7O4/c1-16(2)41-29(40)35-21-5-4-18(11-19(21)13-30)24(38)14-33-22-6-7-32-28(39)25(22)27-34-23-12-20(37-9-8-31-15-37)10-17(3)26(23)36-27/h4-12,15-16,24,38H,13-14H2,1-3H3,(H,34,36)(H,35,40)(H2,32,33,39). The van der Waals surface area contributed by atoms with Crippen LogP contribution in [0.3, 0.4) is 0 Å². The molecule has 0 radical (unpaired) electrons. The summed E-state index contributed by atoms with van der Waals surface area (Å²) < 4.78 is 7.70. The van der Waals surface area contributed by atoms with Gasteiger partial charge in [-0.15, -0.1) is 0 Å². The first-order valence-electron chi connectivity index (χ1n) is 13.0. The number of carbonyl (C=O) groups excluding carboxylic acids is 1. The number of nitrogens with one attached hydrogen (secondary N) is 4. The average Bonchev–Trinajstić information content (AvgIpc) is 3.62. The summed E-state index contributed by atoms with van der Waals surface area (Å²) >= 11 is 2.21. The second-order valence-corrected chi connectivity index (χ2v) is 10.6. The van der Waals surface area contributed by atoms with E-state index < -0.39 is 12.2 Å². The van der Waals surface area contributed by atoms with Crippen LogP contribution in [-0.4, -0.2) is 48.4 Å². The summed E-state index contributed by atoms with van der Waals surface area (Å²) in [5.74, 6) is 0.417. The van der Waals surface area contributed by atoms with E-state index >= 15 is 0 Å². The average molecular weight is 668 g/mol. The highest BCUT2D eigenvalue weighted by molar-refractivity contribution is 14.1. The number of aromatic nitrogens is 5. The Balaban J connectivity index is 1.37. The first-order valence-corrected chi connectivity index (χ1v) is 14.5.